The highest BCUT2D eigenvalue weighted by molar-refractivity contribution is 7.92. The summed E-state index contributed by atoms with van der Waals surface area (Å²) in [5, 5.41) is 0. The third kappa shape index (κ3) is 3.08. The molecule has 0 aliphatic heterocycles. The summed E-state index contributed by atoms with van der Waals surface area (Å²) in [6.45, 7) is 0. The number of nitrogens with one attached hydrogen (secondary N) is 1. The Kier molecular flexibility index (Phi) is 3.67. The van der Waals surface area contributed by atoms with Gasteiger partial charge in [0.1, 0.15) is 4.90 Å². The number of para-hydroxylation sites is 1. The lowest BCUT2D eigenvalue weighted by molar-refractivity contribution is -0.136. The van der Waals surface area contributed by atoms with Crippen LogP contribution in [0.4, 0.5) is 18.9 Å². The van der Waals surface area contributed by atoms with Crippen LogP contribution >= 0.6 is 0 Å². The summed E-state index contributed by atoms with van der Waals surface area (Å²) in [6.07, 6.45) is -2.23. The standard InChI is InChI=1S/C12H9F3N2O2S/c13-12(14,15)10-5-1-2-6-11(10)17-20(18,19)9-4-3-7-16-8-9/h1-8,17H. The van der Waals surface area contributed by atoms with Crippen molar-refractivity contribution in [3.63, 3.8) is 0 Å². The molecule has 0 aliphatic carbocycles. The van der Waals surface area contributed by atoms with E-state index in [1.807, 2.05) is 4.72 Å². The van der Waals surface area contributed by atoms with Gasteiger partial charge in [-0.15, -0.1) is 0 Å². The SMILES string of the molecule is O=S(=O)(Nc1ccccc1C(F)(F)F)c1cccnc1. The minimum absolute atomic E-state index is 0.211. The van der Waals surface area contributed by atoms with Crippen molar-refractivity contribution in [2.45, 2.75) is 11.1 Å². The van der Waals surface area contributed by atoms with Crippen molar-refractivity contribution in [2.24, 2.45) is 0 Å². The molecule has 1 aromatic heterocycles. The predicted molar refractivity (Wildman–Crippen MR) is 66.5 cm³/mol. The van der Waals surface area contributed by atoms with Crippen LogP contribution < -0.4 is 4.72 Å². The largest absolute Gasteiger partial charge is 0.418 e. The Morgan fingerprint density at radius 2 is 1.75 bits per heavy atom. The van der Waals surface area contributed by atoms with Crippen molar-refractivity contribution < 1.29 is 21.6 Å². The maximum Gasteiger partial charge on any atom is 0.418 e. The number of nitrogens with zero attached hydrogens (tertiary/aromatic N) is 1. The molecule has 2 aromatic rings. The van der Waals surface area contributed by atoms with Gasteiger partial charge in [-0.25, -0.2) is 8.42 Å². The van der Waals surface area contributed by atoms with E-state index in [0.717, 1.165) is 18.3 Å². The molecule has 0 amide bonds. The first kappa shape index (κ1) is 14.3. The van der Waals surface area contributed by atoms with E-state index in [2.05, 4.69) is 4.98 Å². The molecule has 0 radical (unpaired) electrons. The number of hydrogen-bond acceptors (Lipinski definition) is 3. The second-order valence-electron chi connectivity index (χ2n) is 3.84. The van der Waals surface area contributed by atoms with E-state index < -0.39 is 27.5 Å². The maximum absolute atomic E-state index is 12.8. The fourth-order valence-corrected chi connectivity index (χ4v) is 2.57. The summed E-state index contributed by atoms with van der Waals surface area (Å²) in [5.74, 6) is 0. The molecule has 106 valence electrons. The molecular weight excluding hydrogens is 293 g/mol. The number of halogens is 3. The van der Waals surface area contributed by atoms with E-state index >= 15 is 0 Å². The third-order valence-corrected chi connectivity index (χ3v) is 3.77. The van der Waals surface area contributed by atoms with E-state index in [9.17, 15) is 21.6 Å². The normalized spacial score (nSPS) is 12.2. The second kappa shape index (κ2) is 5.12. The quantitative estimate of drug-likeness (QED) is 0.948. The summed E-state index contributed by atoms with van der Waals surface area (Å²) in [7, 11) is -4.11. The number of hydrogen-bond donors (Lipinski definition) is 1. The number of rotatable bonds is 3. The van der Waals surface area contributed by atoms with E-state index in [4.69, 9.17) is 0 Å². The number of benzene rings is 1. The van der Waals surface area contributed by atoms with Gasteiger partial charge in [0.15, 0.2) is 0 Å². The van der Waals surface area contributed by atoms with Crippen LogP contribution in [0, 0.1) is 0 Å². The summed E-state index contributed by atoms with van der Waals surface area (Å²) in [4.78, 5) is 3.41. The average Bonchev–Trinajstić information content (AvgIpc) is 2.39. The Hall–Kier alpha value is -2.09. The fraction of sp³-hybridized carbons (Fsp3) is 0.0833. The van der Waals surface area contributed by atoms with Gasteiger partial charge in [-0.1, -0.05) is 12.1 Å². The molecule has 2 rings (SSSR count). The minimum atomic E-state index is -4.64. The second-order valence-corrected chi connectivity index (χ2v) is 5.52. The molecule has 0 atom stereocenters. The molecule has 1 N–H and O–H groups in total. The van der Waals surface area contributed by atoms with Gasteiger partial charge in [0.05, 0.1) is 11.3 Å². The van der Waals surface area contributed by atoms with E-state index in [1.54, 1.807) is 0 Å². The zero-order valence-corrected chi connectivity index (χ0v) is 10.7. The van der Waals surface area contributed by atoms with Crippen LogP contribution in [0.2, 0.25) is 0 Å². The average molecular weight is 302 g/mol. The first-order valence-corrected chi connectivity index (χ1v) is 6.88. The van der Waals surface area contributed by atoms with Crippen molar-refractivity contribution >= 4 is 15.7 Å². The van der Waals surface area contributed by atoms with E-state index in [-0.39, 0.29) is 4.90 Å². The molecule has 0 spiro atoms. The molecule has 1 aromatic carbocycles. The molecule has 8 heteroatoms. The Balaban J connectivity index is 2.41. The van der Waals surface area contributed by atoms with Crippen molar-refractivity contribution in [1.82, 2.24) is 4.98 Å². The Morgan fingerprint density at radius 3 is 2.35 bits per heavy atom. The van der Waals surface area contributed by atoms with Crippen molar-refractivity contribution in [3.8, 4) is 0 Å². The van der Waals surface area contributed by atoms with Gasteiger partial charge >= 0.3 is 6.18 Å². The van der Waals surface area contributed by atoms with Crippen LogP contribution in [0.3, 0.4) is 0 Å². The monoisotopic (exact) mass is 302 g/mol. The molecule has 0 saturated heterocycles. The smallest absolute Gasteiger partial charge is 0.279 e. The summed E-state index contributed by atoms with van der Waals surface area (Å²) in [5.41, 5.74) is -1.57. The van der Waals surface area contributed by atoms with Crippen molar-refractivity contribution in [3.05, 3.63) is 54.4 Å². The maximum atomic E-state index is 12.8. The van der Waals surface area contributed by atoms with Gasteiger partial charge in [0.25, 0.3) is 10.0 Å². The van der Waals surface area contributed by atoms with Crippen LogP contribution in [0.15, 0.2) is 53.7 Å². The first-order chi connectivity index (χ1) is 9.31. The Bertz CT molecular complexity index is 700. The molecule has 1 heterocycles. The van der Waals surface area contributed by atoms with Gasteiger partial charge in [0.2, 0.25) is 0 Å². The van der Waals surface area contributed by atoms with Gasteiger partial charge in [-0.3, -0.25) is 9.71 Å². The molecule has 4 nitrogen and oxygen atoms in total. The molecule has 0 bridgehead atoms. The lowest BCUT2D eigenvalue weighted by Crippen LogP contribution is -2.17. The zero-order valence-electron chi connectivity index (χ0n) is 9.92. The Labute approximate surface area is 113 Å². The summed E-state index contributed by atoms with van der Waals surface area (Å²) in [6, 6.07) is 6.98. The minimum Gasteiger partial charge on any atom is -0.279 e. The first-order valence-electron chi connectivity index (χ1n) is 5.40. The van der Waals surface area contributed by atoms with Gasteiger partial charge in [0, 0.05) is 12.4 Å². The molecule has 0 aliphatic rings. The van der Waals surface area contributed by atoms with Crippen LogP contribution in [-0.2, 0) is 16.2 Å². The van der Waals surface area contributed by atoms with Crippen molar-refractivity contribution in [2.75, 3.05) is 4.72 Å². The number of anilines is 1. The summed E-state index contributed by atoms with van der Waals surface area (Å²) >= 11 is 0. The lowest BCUT2D eigenvalue weighted by atomic mass is 10.2. The predicted octanol–water partition coefficient (Wildman–Crippen LogP) is 2.90. The summed E-state index contributed by atoms with van der Waals surface area (Å²) < 4.78 is 64.2. The number of pyridine rings is 1. The van der Waals surface area contributed by atoms with Crippen molar-refractivity contribution in [1.29, 1.82) is 0 Å². The third-order valence-electron chi connectivity index (χ3n) is 2.42. The molecule has 0 unspecified atom stereocenters. The molecular formula is C12H9F3N2O2S. The van der Waals surface area contributed by atoms with Crippen LogP contribution in [0.5, 0.6) is 0 Å². The van der Waals surface area contributed by atoms with Crippen LogP contribution in [0.25, 0.3) is 0 Å². The highest BCUT2D eigenvalue weighted by Crippen LogP contribution is 2.35. The van der Waals surface area contributed by atoms with E-state index in [1.165, 1.54) is 30.5 Å². The number of alkyl halides is 3. The lowest BCUT2D eigenvalue weighted by Gasteiger charge is -2.14. The fourth-order valence-electron chi connectivity index (χ4n) is 1.53. The zero-order chi connectivity index (χ0) is 14.8. The molecule has 0 fully saturated rings. The van der Waals surface area contributed by atoms with Gasteiger partial charge in [-0.2, -0.15) is 13.2 Å². The Morgan fingerprint density at radius 1 is 1.05 bits per heavy atom. The van der Waals surface area contributed by atoms with Gasteiger partial charge < -0.3 is 0 Å². The van der Waals surface area contributed by atoms with E-state index in [0.29, 0.717) is 0 Å². The highest BCUT2D eigenvalue weighted by Gasteiger charge is 2.34. The molecule has 0 saturated carbocycles. The molecule has 20 heavy (non-hydrogen) atoms. The van der Waals surface area contributed by atoms with Crippen LogP contribution in [0.1, 0.15) is 5.56 Å². The number of aromatic nitrogens is 1. The van der Waals surface area contributed by atoms with Crippen LogP contribution in [-0.4, -0.2) is 13.4 Å². The highest BCUT2D eigenvalue weighted by atomic mass is 32.2. The topological polar surface area (TPSA) is 59.1 Å². The number of sulfonamides is 1. The van der Waals surface area contributed by atoms with Gasteiger partial charge in [-0.05, 0) is 24.3 Å².